The summed E-state index contributed by atoms with van der Waals surface area (Å²) in [6.45, 7) is 2.31. The Balaban J connectivity index is 1.99. The van der Waals surface area contributed by atoms with Crippen LogP contribution < -0.4 is 11.1 Å². The highest BCUT2D eigenvalue weighted by molar-refractivity contribution is 5.37. The van der Waals surface area contributed by atoms with Gasteiger partial charge in [-0.3, -0.25) is 0 Å². The molecule has 1 aliphatic rings. The molecular weight excluding hydrogens is 200 g/mol. The third-order valence-electron chi connectivity index (χ3n) is 3.37. The molecule has 0 radical (unpaired) electrons. The molecular formula is C12H20N4. The van der Waals surface area contributed by atoms with E-state index < -0.39 is 0 Å². The largest absolute Gasteiger partial charge is 0.382 e. The van der Waals surface area contributed by atoms with E-state index in [9.17, 15) is 0 Å². The quantitative estimate of drug-likeness (QED) is 0.751. The standard InChI is InChI=1S/C12H20N4/c1-9-5-3-2-4-6-10(9)16-12-8-14-11(13)7-15-12/h7-10H,2-6H2,1H3,(H2,13,14)(H,15,16). The average Bonchev–Trinajstić information content (AvgIpc) is 2.48. The third-order valence-corrected chi connectivity index (χ3v) is 3.37. The van der Waals surface area contributed by atoms with Gasteiger partial charge in [0.15, 0.2) is 0 Å². The number of nitrogens with two attached hydrogens (primary N) is 1. The van der Waals surface area contributed by atoms with Gasteiger partial charge >= 0.3 is 0 Å². The maximum Gasteiger partial charge on any atom is 0.144 e. The minimum Gasteiger partial charge on any atom is -0.382 e. The van der Waals surface area contributed by atoms with Crippen molar-refractivity contribution in [3.63, 3.8) is 0 Å². The summed E-state index contributed by atoms with van der Waals surface area (Å²) in [5, 5.41) is 3.47. The van der Waals surface area contributed by atoms with Crippen LogP contribution in [0.5, 0.6) is 0 Å². The lowest BCUT2D eigenvalue weighted by atomic mass is 9.97. The maximum absolute atomic E-state index is 5.51. The van der Waals surface area contributed by atoms with Gasteiger partial charge in [-0.1, -0.05) is 26.2 Å². The van der Waals surface area contributed by atoms with Crippen LogP contribution in [0.2, 0.25) is 0 Å². The fraction of sp³-hybridized carbons (Fsp3) is 0.667. The molecule has 0 amide bonds. The molecule has 2 atom stereocenters. The van der Waals surface area contributed by atoms with E-state index in [1.807, 2.05) is 0 Å². The molecule has 2 rings (SSSR count). The smallest absolute Gasteiger partial charge is 0.144 e. The van der Waals surface area contributed by atoms with Gasteiger partial charge in [0.25, 0.3) is 0 Å². The monoisotopic (exact) mass is 220 g/mol. The van der Waals surface area contributed by atoms with Crippen LogP contribution >= 0.6 is 0 Å². The molecule has 0 aromatic carbocycles. The van der Waals surface area contributed by atoms with Crippen LogP contribution in [0.3, 0.4) is 0 Å². The number of nitrogens with zero attached hydrogens (tertiary/aromatic N) is 2. The molecule has 2 unspecified atom stereocenters. The maximum atomic E-state index is 5.51. The fourth-order valence-corrected chi connectivity index (χ4v) is 2.31. The Hall–Kier alpha value is -1.32. The van der Waals surface area contributed by atoms with E-state index in [1.165, 1.54) is 32.1 Å². The van der Waals surface area contributed by atoms with Crippen LogP contribution in [0.4, 0.5) is 11.6 Å². The molecule has 0 bridgehead atoms. The molecule has 1 heterocycles. The number of rotatable bonds is 2. The second-order valence-electron chi connectivity index (χ2n) is 4.69. The van der Waals surface area contributed by atoms with Crippen LogP contribution in [-0.4, -0.2) is 16.0 Å². The normalized spacial score (nSPS) is 26.1. The van der Waals surface area contributed by atoms with E-state index in [2.05, 4.69) is 22.2 Å². The lowest BCUT2D eigenvalue weighted by Crippen LogP contribution is -2.26. The van der Waals surface area contributed by atoms with E-state index in [4.69, 9.17) is 5.73 Å². The van der Waals surface area contributed by atoms with E-state index in [1.54, 1.807) is 12.4 Å². The molecule has 88 valence electrons. The van der Waals surface area contributed by atoms with Gasteiger partial charge in [0.2, 0.25) is 0 Å². The summed E-state index contributed by atoms with van der Waals surface area (Å²) < 4.78 is 0. The van der Waals surface area contributed by atoms with Crippen molar-refractivity contribution in [2.45, 2.75) is 45.1 Å². The topological polar surface area (TPSA) is 63.8 Å². The van der Waals surface area contributed by atoms with Gasteiger partial charge in [-0.05, 0) is 18.8 Å². The Morgan fingerprint density at radius 2 is 2.00 bits per heavy atom. The molecule has 16 heavy (non-hydrogen) atoms. The zero-order valence-electron chi connectivity index (χ0n) is 9.82. The van der Waals surface area contributed by atoms with Gasteiger partial charge < -0.3 is 11.1 Å². The predicted octanol–water partition coefficient (Wildman–Crippen LogP) is 2.44. The Morgan fingerprint density at radius 1 is 1.19 bits per heavy atom. The summed E-state index contributed by atoms with van der Waals surface area (Å²) in [5.74, 6) is 2.02. The summed E-state index contributed by atoms with van der Waals surface area (Å²) in [6, 6.07) is 0.528. The van der Waals surface area contributed by atoms with E-state index in [0.717, 1.165) is 5.82 Å². The second kappa shape index (κ2) is 5.14. The Labute approximate surface area is 96.7 Å². The molecule has 0 spiro atoms. The van der Waals surface area contributed by atoms with Crippen molar-refractivity contribution in [3.05, 3.63) is 12.4 Å². The fourth-order valence-electron chi connectivity index (χ4n) is 2.31. The van der Waals surface area contributed by atoms with Gasteiger partial charge in [0.05, 0.1) is 12.4 Å². The molecule has 0 aliphatic heterocycles. The second-order valence-corrected chi connectivity index (χ2v) is 4.69. The highest BCUT2D eigenvalue weighted by Crippen LogP contribution is 2.25. The van der Waals surface area contributed by atoms with Crippen LogP contribution in [-0.2, 0) is 0 Å². The summed E-state index contributed by atoms with van der Waals surface area (Å²) in [6.07, 6.45) is 9.87. The number of anilines is 2. The molecule has 1 fully saturated rings. The first-order chi connectivity index (χ1) is 7.75. The zero-order valence-corrected chi connectivity index (χ0v) is 9.82. The molecule has 1 aliphatic carbocycles. The molecule has 4 heteroatoms. The molecule has 0 saturated heterocycles. The summed E-state index contributed by atoms with van der Waals surface area (Å²) >= 11 is 0. The first kappa shape index (κ1) is 11.2. The first-order valence-electron chi connectivity index (χ1n) is 6.10. The molecule has 1 aromatic heterocycles. The van der Waals surface area contributed by atoms with Crippen molar-refractivity contribution < 1.29 is 0 Å². The number of hydrogen-bond acceptors (Lipinski definition) is 4. The van der Waals surface area contributed by atoms with E-state index in [-0.39, 0.29) is 0 Å². The summed E-state index contributed by atoms with van der Waals surface area (Å²) in [7, 11) is 0. The summed E-state index contributed by atoms with van der Waals surface area (Å²) in [4.78, 5) is 8.28. The highest BCUT2D eigenvalue weighted by Gasteiger charge is 2.19. The van der Waals surface area contributed by atoms with Crippen molar-refractivity contribution >= 4 is 11.6 Å². The third kappa shape index (κ3) is 2.84. The lowest BCUT2D eigenvalue weighted by molar-refractivity contribution is 0.455. The van der Waals surface area contributed by atoms with Gasteiger partial charge in [0.1, 0.15) is 11.6 Å². The number of nitrogen functional groups attached to an aromatic ring is 1. The Kier molecular flexibility index (Phi) is 3.59. The average molecular weight is 220 g/mol. The highest BCUT2D eigenvalue weighted by atomic mass is 15.0. The lowest BCUT2D eigenvalue weighted by Gasteiger charge is -2.23. The first-order valence-corrected chi connectivity index (χ1v) is 6.10. The van der Waals surface area contributed by atoms with Crippen LogP contribution in [0, 0.1) is 5.92 Å². The molecule has 1 saturated carbocycles. The van der Waals surface area contributed by atoms with Crippen LogP contribution in [0.1, 0.15) is 39.0 Å². The zero-order chi connectivity index (χ0) is 11.4. The van der Waals surface area contributed by atoms with Crippen molar-refractivity contribution in [1.29, 1.82) is 0 Å². The number of hydrogen-bond donors (Lipinski definition) is 2. The van der Waals surface area contributed by atoms with Gasteiger partial charge in [-0.25, -0.2) is 9.97 Å². The van der Waals surface area contributed by atoms with Crippen molar-refractivity contribution in [1.82, 2.24) is 9.97 Å². The minimum absolute atomic E-state index is 0.472. The van der Waals surface area contributed by atoms with Crippen LogP contribution in [0.25, 0.3) is 0 Å². The summed E-state index contributed by atoms with van der Waals surface area (Å²) in [5.41, 5.74) is 5.51. The van der Waals surface area contributed by atoms with Gasteiger partial charge in [0, 0.05) is 6.04 Å². The number of nitrogens with one attached hydrogen (secondary N) is 1. The predicted molar refractivity (Wildman–Crippen MR) is 66.1 cm³/mol. The molecule has 1 aromatic rings. The van der Waals surface area contributed by atoms with Crippen molar-refractivity contribution in [2.24, 2.45) is 5.92 Å². The van der Waals surface area contributed by atoms with E-state index in [0.29, 0.717) is 17.8 Å². The van der Waals surface area contributed by atoms with E-state index >= 15 is 0 Å². The minimum atomic E-state index is 0.472. The SMILES string of the molecule is CC1CCCCCC1Nc1cnc(N)cn1. The Morgan fingerprint density at radius 3 is 2.75 bits per heavy atom. The van der Waals surface area contributed by atoms with Crippen LogP contribution in [0.15, 0.2) is 12.4 Å². The Bertz CT molecular complexity index is 322. The van der Waals surface area contributed by atoms with Gasteiger partial charge in [-0.15, -0.1) is 0 Å². The van der Waals surface area contributed by atoms with Gasteiger partial charge in [-0.2, -0.15) is 0 Å². The number of aromatic nitrogens is 2. The molecule has 4 nitrogen and oxygen atoms in total. The van der Waals surface area contributed by atoms with Crippen molar-refractivity contribution in [3.8, 4) is 0 Å². The molecule has 3 N–H and O–H groups in total. The van der Waals surface area contributed by atoms with Crippen molar-refractivity contribution in [2.75, 3.05) is 11.1 Å².